The van der Waals surface area contributed by atoms with Crippen LogP contribution >= 0.6 is 0 Å². The first-order valence-electron chi connectivity index (χ1n) is 13.7. The molecule has 1 radical (unpaired) electrons. The molecule has 0 aliphatic heterocycles. The maximum absolute atomic E-state index is 13.2. The van der Waals surface area contributed by atoms with E-state index in [0.717, 1.165) is 28.0 Å². The van der Waals surface area contributed by atoms with Crippen LogP contribution in [0, 0.1) is 12.3 Å². The predicted octanol–water partition coefficient (Wildman–Crippen LogP) is 7.34. The summed E-state index contributed by atoms with van der Waals surface area (Å²) in [5.74, 6) is 0.737. The molecule has 5 rings (SSSR count). The highest BCUT2D eigenvalue weighted by molar-refractivity contribution is 5.96. The minimum Gasteiger partial charge on any atom is -0.489 e. The number of alkyl carbamates (subject to hydrolysis) is 1. The van der Waals surface area contributed by atoms with Crippen molar-refractivity contribution in [1.29, 1.82) is 0 Å². The molecule has 1 aliphatic rings. The van der Waals surface area contributed by atoms with Crippen molar-refractivity contribution in [3.05, 3.63) is 132 Å². The first-order chi connectivity index (χ1) is 19.5. The van der Waals surface area contributed by atoms with Crippen molar-refractivity contribution in [3.63, 3.8) is 0 Å². The number of carbonyl (C=O) groups is 2. The molecule has 0 heterocycles. The van der Waals surface area contributed by atoms with Crippen LogP contribution in [0.4, 0.5) is 4.79 Å². The topological polar surface area (TPSA) is 64.6 Å². The molecular formula is C35H34NO4. The van der Waals surface area contributed by atoms with E-state index < -0.39 is 12.1 Å². The number of Topliss-reactive ketones (excluding diaryl/α,β-unsaturated/α-hetero) is 1. The van der Waals surface area contributed by atoms with Crippen LogP contribution in [0.1, 0.15) is 48.4 Å². The van der Waals surface area contributed by atoms with Crippen LogP contribution in [-0.2, 0) is 16.1 Å². The van der Waals surface area contributed by atoms with Crippen LogP contribution in [0.5, 0.6) is 5.75 Å². The standard InChI is InChI=1S/C35H34NO4/c1-24(2)20-33(34(37)21-25-16-18-27(19-17-25)39-22-26-10-4-3-5-11-26)36-35(38)40-23-32-30-14-8-6-12-28(30)29-13-7-9-15-31(29)32/h3-19,21,24,32-33H,20,22-23H2,1-2H3,(H,36,38)/t33-/m0/s1. The summed E-state index contributed by atoms with van der Waals surface area (Å²) in [4.78, 5) is 26.1. The van der Waals surface area contributed by atoms with Gasteiger partial charge in [0, 0.05) is 5.92 Å². The Labute approximate surface area is 236 Å². The summed E-state index contributed by atoms with van der Waals surface area (Å²) in [6.07, 6.45) is 1.49. The van der Waals surface area contributed by atoms with Crippen LogP contribution in [0.25, 0.3) is 11.1 Å². The fourth-order valence-electron chi connectivity index (χ4n) is 5.17. The SMILES string of the molecule is CC(C)C[C@H](NC(=O)OCC1c2ccccc2-c2ccccc21)C(=O)[CH]c1ccc(OCc2ccccc2)cc1. The molecule has 1 aliphatic carbocycles. The highest BCUT2D eigenvalue weighted by atomic mass is 16.5. The van der Waals surface area contributed by atoms with Crippen LogP contribution in [0.15, 0.2) is 103 Å². The van der Waals surface area contributed by atoms with E-state index in [1.165, 1.54) is 11.1 Å². The molecule has 5 heteroatoms. The third-order valence-corrected chi connectivity index (χ3v) is 7.12. The molecule has 4 aromatic carbocycles. The van der Waals surface area contributed by atoms with E-state index in [0.29, 0.717) is 13.0 Å². The molecule has 1 amide bonds. The Morgan fingerprint density at radius 3 is 2.02 bits per heavy atom. The number of ether oxygens (including phenoxy) is 2. The van der Waals surface area contributed by atoms with E-state index in [1.54, 1.807) is 6.42 Å². The molecule has 1 atom stereocenters. The van der Waals surface area contributed by atoms with Gasteiger partial charge in [0.1, 0.15) is 19.0 Å². The van der Waals surface area contributed by atoms with Gasteiger partial charge in [-0.3, -0.25) is 4.79 Å². The van der Waals surface area contributed by atoms with E-state index in [1.807, 2.05) is 92.7 Å². The van der Waals surface area contributed by atoms with Gasteiger partial charge in [-0.15, -0.1) is 0 Å². The summed E-state index contributed by atoms with van der Waals surface area (Å²) < 4.78 is 11.5. The molecular weight excluding hydrogens is 498 g/mol. The van der Waals surface area contributed by atoms with Crippen LogP contribution in [0.3, 0.4) is 0 Å². The highest BCUT2D eigenvalue weighted by Crippen LogP contribution is 2.44. The number of amides is 1. The fraction of sp³-hybridized carbons (Fsp3) is 0.229. The lowest BCUT2D eigenvalue weighted by atomic mass is 9.96. The van der Waals surface area contributed by atoms with Gasteiger partial charge in [-0.05, 0) is 57.9 Å². The molecule has 0 spiro atoms. The van der Waals surface area contributed by atoms with Gasteiger partial charge in [-0.2, -0.15) is 0 Å². The normalized spacial score (nSPS) is 12.9. The van der Waals surface area contributed by atoms with E-state index in [4.69, 9.17) is 9.47 Å². The van der Waals surface area contributed by atoms with Gasteiger partial charge >= 0.3 is 6.09 Å². The van der Waals surface area contributed by atoms with Crippen molar-refractivity contribution < 1.29 is 19.1 Å². The van der Waals surface area contributed by atoms with Gasteiger partial charge in [0.2, 0.25) is 0 Å². The number of fused-ring (bicyclic) bond motifs is 3. The Bertz CT molecular complexity index is 1400. The average molecular weight is 533 g/mol. The van der Waals surface area contributed by atoms with Crippen molar-refractivity contribution in [2.45, 2.75) is 38.8 Å². The maximum Gasteiger partial charge on any atom is 0.407 e. The largest absolute Gasteiger partial charge is 0.489 e. The molecule has 1 N–H and O–H groups in total. The molecule has 40 heavy (non-hydrogen) atoms. The second-order valence-electron chi connectivity index (χ2n) is 10.5. The van der Waals surface area contributed by atoms with Gasteiger partial charge in [0.05, 0.1) is 12.5 Å². The Balaban J connectivity index is 1.17. The second-order valence-corrected chi connectivity index (χ2v) is 10.5. The van der Waals surface area contributed by atoms with Crippen molar-refractivity contribution in [2.75, 3.05) is 6.61 Å². The Kier molecular flexibility index (Phi) is 8.60. The minimum atomic E-state index is -0.676. The summed E-state index contributed by atoms with van der Waals surface area (Å²) >= 11 is 0. The van der Waals surface area contributed by atoms with Crippen molar-refractivity contribution in [1.82, 2.24) is 5.32 Å². The van der Waals surface area contributed by atoms with E-state index >= 15 is 0 Å². The van der Waals surface area contributed by atoms with Crippen LogP contribution < -0.4 is 10.1 Å². The Morgan fingerprint density at radius 2 is 1.40 bits per heavy atom. The zero-order chi connectivity index (χ0) is 27.9. The molecule has 0 fully saturated rings. The minimum absolute atomic E-state index is 0.0356. The second kappa shape index (κ2) is 12.6. The van der Waals surface area contributed by atoms with Crippen LogP contribution in [0.2, 0.25) is 0 Å². The number of nitrogens with one attached hydrogen (secondary N) is 1. The van der Waals surface area contributed by atoms with E-state index in [2.05, 4.69) is 29.6 Å². The lowest BCUT2D eigenvalue weighted by molar-refractivity contribution is -0.117. The van der Waals surface area contributed by atoms with Gasteiger partial charge in [0.25, 0.3) is 0 Å². The van der Waals surface area contributed by atoms with Crippen molar-refractivity contribution >= 4 is 11.9 Å². The molecule has 0 unspecified atom stereocenters. The van der Waals surface area contributed by atoms with E-state index in [9.17, 15) is 9.59 Å². The first kappa shape index (κ1) is 27.2. The smallest absolute Gasteiger partial charge is 0.407 e. The maximum atomic E-state index is 13.2. The van der Waals surface area contributed by atoms with Crippen molar-refractivity contribution in [2.24, 2.45) is 5.92 Å². The van der Waals surface area contributed by atoms with Gasteiger partial charge in [-0.25, -0.2) is 4.79 Å². The lowest BCUT2D eigenvalue weighted by Gasteiger charge is -2.20. The number of rotatable bonds is 11. The summed E-state index contributed by atoms with van der Waals surface area (Å²) in [7, 11) is 0. The Morgan fingerprint density at radius 1 is 0.800 bits per heavy atom. The summed E-state index contributed by atoms with van der Waals surface area (Å²) in [5.41, 5.74) is 6.48. The number of carbonyl (C=O) groups excluding carboxylic acids is 2. The lowest BCUT2D eigenvalue weighted by Crippen LogP contribution is -2.42. The summed E-state index contributed by atoms with van der Waals surface area (Å²) in [5, 5.41) is 2.82. The summed E-state index contributed by atoms with van der Waals surface area (Å²) in [6.45, 7) is 4.73. The molecule has 0 saturated carbocycles. The van der Waals surface area contributed by atoms with Gasteiger partial charge < -0.3 is 14.8 Å². The average Bonchev–Trinajstić information content (AvgIpc) is 3.29. The number of ketones is 1. The third-order valence-electron chi connectivity index (χ3n) is 7.12. The van der Waals surface area contributed by atoms with Crippen LogP contribution in [-0.4, -0.2) is 24.5 Å². The quantitative estimate of drug-likeness (QED) is 0.219. The molecule has 5 nitrogen and oxygen atoms in total. The summed E-state index contributed by atoms with van der Waals surface area (Å²) in [6, 6.07) is 33.1. The zero-order valence-electron chi connectivity index (χ0n) is 22.9. The van der Waals surface area contributed by atoms with Crippen molar-refractivity contribution in [3.8, 4) is 16.9 Å². The van der Waals surface area contributed by atoms with E-state index in [-0.39, 0.29) is 24.2 Å². The zero-order valence-corrected chi connectivity index (χ0v) is 22.9. The number of benzene rings is 4. The molecule has 0 saturated heterocycles. The number of hydrogen-bond acceptors (Lipinski definition) is 4. The molecule has 0 bridgehead atoms. The highest BCUT2D eigenvalue weighted by Gasteiger charge is 2.30. The third kappa shape index (κ3) is 6.60. The van der Waals surface area contributed by atoms with Gasteiger partial charge in [0.15, 0.2) is 5.78 Å². The number of hydrogen-bond donors (Lipinski definition) is 1. The van der Waals surface area contributed by atoms with Gasteiger partial charge in [-0.1, -0.05) is 105 Å². The molecule has 4 aromatic rings. The Hall–Kier alpha value is -4.38. The first-order valence-corrected chi connectivity index (χ1v) is 13.7. The molecule has 0 aromatic heterocycles. The fourth-order valence-corrected chi connectivity index (χ4v) is 5.17. The molecule has 203 valence electrons. The monoisotopic (exact) mass is 532 g/mol. The predicted molar refractivity (Wildman–Crippen MR) is 157 cm³/mol.